The van der Waals surface area contributed by atoms with Crippen molar-refractivity contribution in [3.8, 4) is 0 Å². The Bertz CT molecular complexity index is 385. The van der Waals surface area contributed by atoms with Gasteiger partial charge in [-0.1, -0.05) is 56.0 Å². The van der Waals surface area contributed by atoms with E-state index in [2.05, 4.69) is 17.4 Å². The molecule has 1 aromatic carbocycles. The Morgan fingerprint density at radius 1 is 1.20 bits per heavy atom. The second kappa shape index (κ2) is 8.62. The van der Waals surface area contributed by atoms with Crippen molar-refractivity contribution in [2.75, 3.05) is 13.2 Å². The van der Waals surface area contributed by atoms with Gasteiger partial charge in [-0.2, -0.15) is 0 Å². The third kappa shape index (κ3) is 5.64. The van der Waals surface area contributed by atoms with E-state index in [9.17, 15) is 4.79 Å². The first-order chi connectivity index (χ1) is 9.84. The lowest BCUT2D eigenvalue weighted by atomic mass is 10.0. The van der Waals surface area contributed by atoms with E-state index in [-0.39, 0.29) is 0 Å². The van der Waals surface area contributed by atoms with Crippen molar-refractivity contribution >= 4 is 6.09 Å². The highest BCUT2D eigenvalue weighted by Gasteiger charge is 2.15. The summed E-state index contributed by atoms with van der Waals surface area (Å²) in [5.41, 5.74) is 1.28. The lowest BCUT2D eigenvalue weighted by Gasteiger charge is -2.08. The third-order valence-corrected chi connectivity index (χ3v) is 3.93. The third-order valence-electron chi connectivity index (χ3n) is 3.93. The SMILES string of the molecule is O=C([N]CCC1CCCC1)OCCCc1ccccc1. The summed E-state index contributed by atoms with van der Waals surface area (Å²) in [6.07, 6.45) is 7.74. The minimum absolute atomic E-state index is 0.393. The van der Waals surface area contributed by atoms with Gasteiger partial charge in [-0.05, 0) is 30.7 Å². The van der Waals surface area contributed by atoms with Gasteiger partial charge in [0.15, 0.2) is 0 Å². The van der Waals surface area contributed by atoms with E-state index in [1.165, 1.54) is 31.2 Å². The fraction of sp³-hybridized carbons (Fsp3) is 0.588. The number of nitrogens with zero attached hydrogens (tertiary/aromatic N) is 1. The van der Waals surface area contributed by atoms with Gasteiger partial charge < -0.3 is 4.74 Å². The highest BCUT2D eigenvalue weighted by atomic mass is 16.5. The van der Waals surface area contributed by atoms with Crippen molar-refractivity contribution in [1.29, 1.82) is 0 Å². The molecule has 1 aliphatic rings. The Kier molecular flexibility index (Phi) is 6.42. The molecule has 0 bridgehead atoms. The topological polar surface area (TPSA) is 40.4 Å². The number of hydrogen-bond donors (Lipinski definition) is 0. The van der Waals surface area contributed by atoms with Crippen molar-refractivity contribution in [3.63, 3.8) is 0 Å². The molecule has 0 aliphatic heterocycles. The molecule has 0 N–H and O–H groups in total. The van der Waals surface area contributed by atoms with Crippen LogP contribution in [0, 0.1) is 5.92 Å². The summed E-state index contributed by atoms with van der Waals surface area (Å²) in [7, 11) is 0. The molecule has 1 saturated carbocycles. The van der Waals surface area contributed by atoms with Crippen LogP contribution in [0.4, 0.5) is 4.79 Å². The molecule has 1 aromatic rings. The maximum absolute atomic E-state index is 11.4. The maximum Gasteiger partial charge on any atom is 0.428 e. The molecule has 20 heavy (non-hydrogen) atoms. The van der Waals surface area contributed by atoms with Crippen molar-refractivity contribution in [2.45, 2.75) is 44.9 Å². The Hall–Kier alpha value is -1.51. The van der Waals surface area contributed by atoms with Gasteiger partial charge in [-0.15, -0.1) is 0 Å². The molecule has 1 amide bonds. The molecule has 1 aliphatic carbocycles. The monoisotopic (exact) mass is 274 g/mol. The Balaban J connectivity index is 1.47. The van der Waals surface area contributed by atoms with Crippen LogP contribution in [0.3, 0.4) is 0 Å². The van der Waals surface area contributed by atoms with Crippen LogP contribution in [0.15, 0.2) is 30.3 Å². The smallest absolute Gasteiger partial charge is 0.428 e. The van der Waals surface area contributed by atoms with E-state index in [4.69, 9.17) is 4.74 Å². The van der Waals surface area contributed by atoms with Gasteiger partial charge in [0, 0.05) is 6.54 Å². The number of carbonyl (C=O) groups excluding carboxylic acids is 1. The molecule has 1 radical (unpaired) electrons. The molecule has 3 heteroatoms. The number of carbonyl (C=O) groups is 1. The van der Waals surface area contributed by atoms with Crippen molar-refractivity contribution < 1.29 is 9.53 Å². The van der Waals surface area contributed by atoms with Gasteiger partial charge in [-0.25, -0.2) is 10.1 Å². The number of amides is 1. The molecule has 1 fully saturated rings. The Morgan fingerprint density at radius 3 is 2.70 bits per heavy atom. The number of hydrogen-bond acceptors (Lipinski definition) is 2. The van der Waals surface area contributed by atoms with E-state index in [0.29, 0.717) is 13.2 Å². The molecular formula is C17H24NO2. The van der Waals surface area contributed by atoms with Crippen LogP contribution in [0.5, 0.6) is 0 Å². The Labute approximate surface area is 121 Å². The molecule has 109 valence electrons. The minimum Gasteiger partial charge on any atom is -0.448 e. The van der Waals surface area contributed by atoms with Gasteiger partial charge in [0.05, 0.1) is 6.61 Å². The second-order valence-corrected chi connectivity index (χ2v) is 5.52. The molecule has 3 nitrogen and oxygen atoms in total. The van der Waals surface area contributed by atoms with Crippen molar-refractivity contribution in [3.05, 3.63) is 35.9 Å². The molecule has 0 heterocycles. The fourth-order valence-corrected chi connectivity index (χ4v) is 2.76. The number of benzene rings is 1. The average Bonchev–Trinajstić information content (AvgIpc) is 2.98. The van der Waals surface area contributed by atoms with Crippen LogP contribution < -0.4 is 5.32 Å². The minimum atomic E-state index is -0.393. The van der Waals surface area contributed by atoms with Gasteiger partial charge in [0.2, 0.25) is 0 Å². The van der Waals surface area contributed by atoms with Crippen molar-refractivity contribution in [2.24, 2.45) is 5.92 Å². The van der Waals surface area contributed by atoms with Gasteiger partial charge >= 0.3 is 6.09 Å². The Morgan fingerprint density at radius 2 is 1.95 bits per heavy atom. The number of rotatable bonds is 7. The van der Waals surface area contributed by atoms with E-state index in [1.54, 1.807) is 0 Å². The van der Waals surface area contributed by atoms with Crippen LogP contribution in [-0.2, 0) is 11.2 Å². The lowest BCUT2D eigenvalue weighted by Crippen LogP contribution is -2.20. The summed E-state index contributed by atoms with van der Waals surface area (Å²) in [4.78, 5) is 11.4. The van der Waals surface area contributed by atoms with E-state index in [0.717, 1.165) is 25.2 Å². The van der Waals surface area contributed by atoms with Crippen LogP contribution in [0.25, 0.3) is 0 Å². The maximum atomic E-state index is 11.4. The molecule has 0 saturated heterocycles. The van der Waals surface area contributed by atoms with Crippen LogP contribution in [0.2, 0.25) is 0 Å². The van der Waals surface area contributed by atoms with E-state index in [1.807, 2.05) is 18.2 Å². The van der Waals surface area contributed by atoms with Crippen LogP contribution in [-0.4, -0.2) is 19.2 Å². The van der Waals surface area contributed by atoms with E-state index >= 15 is 0 Å². The first-order valence-electron chi connectivity index (χ1n) is 7.73. The first-order valence-corrected chi connectivity index (χ1v) is 7.73. The highest BCUT2D eigenvalue weighted by molar-refractivity contribution is 5.66. The summed E-state index contributed by atoms with van der Waals surface area (Å²) >= 11 is 0. The highest BCUT2D eigenvalue weighted by Crippen LogP contribution is 2.26. The van der Waals surface area contributed by atoms with Gasteiger partial charge in [0.25, 0.3) is 0 Å². The van der Waals surface area contributed by atoms with Gasteiger partial charge in [0.1, 0.15) is 0 Å². The zero-order chi connectivity index (χ0) is 14.0. The summed E-state index contributed by atoms with van der Waals surface area (Å²) in [5, 5.41) is 3.97. The molecule has 0 unspecified atom stereocenters. The largest absolute Gasteiger partial charge is 0.448 e. The zero-order valence-corrected chi connectivity index (χ0v) is 12.1. The quantitative estimate of drug-likeness (QED) is 0.706. The van der Waals surface area contributed by atoms with Gasteiger partial charge in [-0.3, -0.25) is 0 Å². The van der Waals surface area contributed by atoms with Crippen molar-refractivity contribution in [1.82, 2.24) is 5.32 Å². The predicted molar refractivity (Wildman–Crippen MR) is 79.7 cm³/mol. The standard InChI is InChI=1S/C17H24NO2/c19-17(18-13-12-16-9-4-5-10-16)20-14-6-11-15-7-2-1-3-8-15/h1-3,7-8,16H,4-6,9-14H2. The molecule has 0 spiro atoms. The molecule has 0 aromatic heterocycles. The zero-order valence-electron chi connectivity index (χ0n) is 12.1. The lowest BCUT2D eigenvalue weighted by molar-refractivity contribution is 0.143. The second-order valence-electron chi connectivity index (χ2n) is 5.52. The molecule has 0 atom stereocenters. The first kappa shape index (κ1) is 14.9. The molecular weight excluding hydrogens is 250 g/mol. The number of ether oxygens (including phenoxy) is 1. The van der Waals surface area contributed by atoms with Crippen LogP contribution >= 0.6 is 0 Å². The fourth-order valence-electron chi connectivity index (χ4n) is 2.76. The summed E-state index contributed by atoms with van der Waals surface area (Å²) < 4.78 is 5.12. The summed E-state index contributed by atoms with van der Waals surface area (Å²) in [6, 6.07) is 10.2. The van der Waals surface area contributed by atoms with Crippen LogP contribution in [0.1, 0.15) is 44.1 Å². The molecule has 2 rings (SSSR count). The van der Waals surface area contributed by atoms with E-state index < -0.39 is 6.09 Å². The summed E-state index contributed by atoms with van der Waals surface area (Å²) in [5.74, 6) is 0.782. The normalized spacial score (nSPS) is 15.2. The predicted octanol–water partition coefficient (Wildman–Crippen LogP) is 3.94. The average molecular weight is 274 g/mol. The summed E-state index contributed by atoms with van der Waals surface area (Å²) in [6.45, 7) is 1.09. The number of aryl methyl sites for hydroxylation is 1.